The molecule has 0 unspecified atom stereocenters. The van der Waals surface area contributed by atoms with Crippen molar-refractivity contribution in [2.45, 2.75) is 20.1 Å². The predicted octanol–water partition coefficient (Wildman–Crippen LogP) is 7.15. The SMILES string of the molecule is COc1cc(CNc2ccc(C)cc2)c(Cl)cc1OCc1ccc(Cl)cc1Cl. The smallest absolute Gasteiger partial charge is 0.163 e. The van der Waals surface area contributed by atoms with E-state index >= 15 is 0 Å². The normalized spacial score (nSPS) is 10.6. The number of hydrogen-bond donors (Lipinski definition) is 1. The molecular weight excluding hydrogens is 417 g/mol. The van der Waals surface area contributed by atoms with Crippen molar-refractivity contribution in [3.05, 3.63) is 86.4 Å². The van der Waals surface area contributed by atoms with Crippen LogP contribution in [0.15, 0.2) is 54.6 Å². The number of nitrogens with one attached hydrogen (secondary N) is 1. The van der Waals surface area contributed by atoms with Gasteiger partial charge in [-0.1, -0.05) is 58.6 Å². The Morgan fingerprint density at radius 3 is 2.21 bits per heavy atom. The molecule has 146 valence electrons. The molecule has 0 bridgehead atoms. The lowest BCUT2D eigenvalue weighted by atomic mass is 10.1. The molecule has 0 saturated carbocycles. The van der Waals surface area contributed by atoms with Gasteiger partial charge in [-0.3, -0.25) is 0 Å². The van der Waals surface area contributed by atoms with E-state index in [1.807, 2.05) is 24.3 Å². The Kier molecular flexibility index (Phi) is 6.95. The number of aryl methyl sites for hydroxylation is 1. The molecule has 28 heavy (non-hydrogen) atoms. The number of methoxy groups -OCH3 is 1. The van der Waals surface area contributed by atoms with Crippen LogP contribution in [-0.2, 0) is 13.2 Å². The van der Waals surface area contributed by atoms with Gasteiger partial charge in [0.25, 0.3) is 0 Å². The van der Waals surface area contributed by atoms with E-state index < -0.39 is 0 Å². The monoisotopic (exact) mass is 435 g/mol. The average Bonchev–Trinajstić information content (AvgIpc) is 2.68. The summed E-state index contributed by atoms with van der Waals surface area (Å²) in [6, 6.07) is 17.1. The van der Waals surface area contributed by atoms with Gasteiger partial charge in [-0.25, -0.2) is 0 Å². The molecule has 0 amide bonds. The number of halogens is 3. The fraction of sp³-hybridized carbons (Fsp3) is 0.182. The zero-order valence-electron chi connectivity index (χ0n) is 15.6. The van der Waals surface area contributed by atoms with E-state index in [4.69, 9.17) is 44.3 Å². The summed E-state index contributed by atoms with van der Waals surface area (Å²) in [7, 11) is 1.60. The highest BCUT2D eigenvalue weighted by Crippen LogP contribution is 2.35. The van der Waals surface area contributed by atoms with E-state index in [2.05, 4.69) is 24.4 Å². The lowest BCUT2D eigenvalue weighted by molar-refractivity contribution is 0.284. The molecule has 0 fully saturated rings. The van der Waals surface area contributed by atoms with Crippen molar-refractivity contribution < 1.29 is 9.47 Å². The van der Waals surface area contributed by atoms with Crippen LogP contribution in [0.25, 0.3) is 0 Å². The Hall–Kier alpha value is -2.07. The molecule has 0 saturated heterocycles. The van der Waals surface area contributed by atoms with Gasteiger partial charge >= 0.3 is 0 Å². The van der Waals surface area contributed by atoms with E-state index in [-0.39, 0.29) is 6.61 Å². The summed E-state index contributed by atoms with van der Waals surface area (Å²) in [5.74, 6) is 1.16. The zero-order chi connectivity index (χ0) is 20.1. The standard InChI is InChI=1S/C22H20Cl3NO2/c1-14-3-7-18(8-4-14)26-12-16-9-21(27-2)22(11-20(16)25)28-13-15-5-6-17(23)10-19(15)24/h3-11,26H,12-13H2,1-2H3. The highest BCUT2D eigenvalue weighted by Gasteiger charge is 2.12. The Morgan fingerprint density at radius 1 is 0.821 bits per heavy atom. The maximum Gasteiger partial charge on any atom is 0.163 e. The minimum atomic E-state index is 0.281. The van der Waals surface area contributed by atoms with Crippen LogP contribution in [0.1, 0.15) is 16.7 Å². The molecule has 1 N–H and O–H groups in total. The van der Waals surface area contributed by atoms with Gasteiger partial charge in [0.2, 0.25) is 0 Å². The molecule has 0 spiro atoms. The molecule has 3 aromatic carbocycles. The fourth-order valence-corrected chi connectivity index (χ4v) is 3.33. The number of anilines is 1. The topological polar surface area (TPSA) is 30.5 Å². The van der Waals surface area contributed by atoms with E-state index in [9.17, 15) is 0 Å². The van der Waals surface area contributed by atoms with E-state index in [0.717, 1.165) is 16.8 Å². The van der Waals surface area contributed by atoms with Crippen LogP contribution in [0, 0.1) is 6.92 Å². The van der Waals surface area contributed by atoms with E-state index in [1.54, 1.807) is 25.3 Å². The highest BCUT2D eigenvalue weighted by atomic mass is 35.5. The summed E-state index contributed by atoms with van der Waals surface area (Å²) >= 11 is 18.6. The van der Waals surface area contributed by atoms with Crippen LogP contribution in [0.3, 0.4) is 0 Å². The second-order valence-electron chi connectivity index (χ2n) is 6.34. The van der Waals surface area contributed by atoms with Gasteiger partial charge in [-0.2, -0.15) is 0 Å². The molecule has 0 aliphatic carbocycles. The van der Waals surface area contributed by atoms with Crippen LogP contribution >= 0.6 is 34.8 Å². The first-order valence-corrected chi connectivity index (χ1v) is 9.83. The third-order valence-corrected chi connectivity index (χ3v) is 5.20. The van der Waals surface area contributed by atoms with Crippen molar-refractivity contribution in [2.24, 2.45) is 0 Å². The van der Waals surface area contributed by atoms with Crippen molar-refractivity contribution in [1.29, 1.82) is 0 Å². The van der Waals surface area contributed by atoms with Crippen molar-refractivity contribution in [2.75, 3.05) is 12.4 Å². The molecule has 0 heterocycles. The molecule has 3 aromatic rings. The Labute approximate surface area is 180 Å². The Balaban J connectivity index is 1.72. The van der Waals surface area contributed by atoms with Crippen LogP contribution in [0.5, 0.6) is 11.5 Å². The quantitative estimate of drug-likeness (QED) is 0.426. The lowest BCUT2D eigenvalue weighted by Gasteiger charge is -2.15. The van der Waals surface area contributed by atoms with Gasteiger partial charge in [0.05, 0.1) is 7.11 Å². The fourth-order valence-electron chi connectivity index (χ4n) is 2.65. The molecule has 6 heteroatoms. The molecule has 0 radical (unpaired) electrons. The number of hydrogen-bond acceptors (Lipinski definition) is 3. The molecule has 0 aromatic heterocycles. The lowest BCUT2D eigenvalue weighted by Crippen LogP contribution is -2.03. The van der Waals surface area contributed by atoms with Crippen molar-refractivity contribution in [1.82, 2.24) is 0 Å². The molecule has 3 nitrogen and oxygen atoms in total. The average molecular weight is 437 g/mol. The largest absolute Gasteiger partial charge is 0.493 e. The third kappa shape index (κ3) is 5.26. The molecule has 0 atom stereocenters. The van der Waals surface area contributed by atoms with Crippen molar-refractivity contribution in [3.63, 3.8) is 0 Å². The summed E-state index contributed by atoms with van der Waals surface area (Å²) in [5, 5.41) is 5.09. The van der Waals surface area contributed by atoms with Crippen LogP contribution in [0.4, 0.5) is 5.69 Å². The molecular formula is C22H20Cl3NO2. The predicted molar refractivity (Wildman–Crippen MR) is 117 cm³/mol. The second kappa shape index (κ2) is 9.42. The van der Waals surface area contributed by atoms with Gasteiger partial charge < -0.3 is 14.8 Å². The van der Waals surface area contributed by atoms with Crippen molar-refractivity contribution >= 4 is 40.5 Å². The van der Waals surface area contributed by atoms with Crippen LogP contribution in [-0.4, -0.2) is 7.11 Å². The maximum absolute atomic E-state index is 6.46. The first-order chi connectivity index (χ1) is 13.5. The number of benzene rings is 3. The van der Waals surface area contributed by atoms with Gasteiger partial charge in [0.15, 0.2) is 11.5 Å². The first-order valence-electron chi connectivity index (χ1n) is 8.70. The number of rotatable bonds is 7. The van der Waals surface area contributed by atoms with Gasteiger partial charge in [0, 0.05) is 38.9 Å². The summed E-state index contributed by atoms with van der Waals surface area (Å²) in [6.07, 6.45) is 0. The van der Waals surface area contributed by atoms with Gasteiger partial charge in [0.1, 0.15) is 6.61 Å². The molecule has 0 aliphatic rings. The van der Waals surface area contributed by atoms with Gasteiger partial charge in [-0.15, -0.1) is 0 Å². The summed E-state index contributed by atoms with van der Waals surface area (Å²) in [4.78, 5) is 0. The maximum atomic E-state index is 6.46. The Morgan fingerprint density at radius 2 is 1.54 bits per heavy atom. The summed E-state index contributed by atoms with van der Waals surface area (Å²) in [5.41, 5.74) is 3.98. The zero-order valence-corrected chi connectivity index (χ0v) is 17.8. The number of ether oxygens (including phenoxy) is 2. The molecule has 3 rings (SSSR count). The van der Waals surface area contributed by atoms with Crippen LogP contribution < -0.4 is 14.8 Å². The first kappa shape index (κ1) is 20.7. The van der Waals surface area contributed by atoms with Gasteiger partial charge in [-0.05, 0) is 42.8 Å². The molecule has 0 aliphatic heterocycles. The van der Waals surface area contributed by atoms with E-state index in [1.165, 1.54) is 5.56 Å². The minimum absolute atomic E-state index is 0.281. The van der Waals surface area contributed by atoms with Crippen LogP contribution in [0.2, 0.25) is 15.1 Å². The summed E-state index contributed by atoms with van der Waals surface area (Å²) < 4.78 is 11.4. The van der Waals surface area contributed by atoms with E-state index in [0.29, 0.717) is 33.1 Å². The Bertz CT molecular complexity index is 959. The summed E-state index contributed by atoms with van der Waals surface area (Å²) in [6.45, 7) is 2.91. The van der Waals surface area contributed by atoms with Crippen molar-refractivity contribution in [3.8, 4) is 11.5 Å². The minimum Gasteiger partial charge on any atom is -0.493 e. The third-order valence-electron chi connectivity index (χ3n) is 4.27. The highest BCUT2D eigenvalue weighted by molar-refractivity contribution is 6.35. The second-order valence-corrected chi connectivity index (χ2v) is 7.59.